The highest BCUT2D eigenvalue weighted by atomic mass is 35.5. The van der Waals surface area contributed by atoms with Gasteiger partial charge in [-0.15, -0.1) is 0 Å². The highest BCUT2D eigenvalue weighted by molar-refractivity contribution is 6.31. The van der Waals surface area contributed by atoms with E-state index in [4.69, 9.17) is 21.1 Å². The number of aromatic nitrogens is 2. The van der Waals surface area contributed by atoms with Crippen molar-refractivity contribution in [2.24, 2.45) is 0 Å². The number of esters is 1. The number of nitrogens with zero attached hydrogens (tertiary/aromatic N) is 3. The van der Waals surface area contributed by atoms with Gasteiger partial charge in [0.25, 0.3) is 5.91 Å². The molecule has 2 aromatic heterocycles. The molecule has 0 spiro atoms. The molecule has 35 heavy (non-hydrogen) atoms. The van der Waals surface area contributed by atoms with Crippen LogP contribution in [-0.2, 0) is 6.54 Å². The van der Waals surface area contributed by atoms with Gasteiger partial charge >= 0.3 is 12.1 Å². The summed E-state index contributed by atoms with van der Waals surface area (Å²) in [6, 6.07) is 11.0. The number of rotatable bonds is 7. The Bertz CT molecular complexity index is 1250. The van der Waals surface area contributed by atoms with Crippen LogP contribution in [0.25, 0.3) is 0 Å². The third-order valence-electron chi connectivity index (χ3n) is 5.43. The van der Waals surface area contributed by atoms with Crippen molar-refractivity contribution in [1.82, 2.24) is 14.9 Å². The van der Waals surface area contributed by atoms with Crippen LogP contribution in [0.4, 0.5) is 13.2 Å². The van der Waals surface area contributed by atoms with Crippen LogP contribution >= 0.6 is 11.6 Å². The molecule has 0 saturated heterocycles. The van der Waals surface area contributed by atoms with Crippen molar-refractivity contribution in [2.45, 2.75) is 32.1 Å². The van der Waals surface area contributed by atoms with Gasteiger partial charge in [0, 0.05) is 30.1 Å². The van der Waals surface area contributed by atoms with Crippen LogP contribution in [0.15, 0.2) is 54.9 Å². The van der Waals surface area contributed by atoms with E-state index >= 15 is 0 Å². The maximum atomic E-state index is 13.1. The summed E-state index contributed by atoms with van der Waals surface area (Å²) in [5.74, 6) is -0.770. The van der Waals surface area contributed by atoms with E-state index in [1.807, 2.05) is 0 Å². The predicted molar refractivity (Wildman–Crippen MR) is 119 cm³/mol. The fourth-order valence-corrected chi connectivity index (χ4v) is 3.83. The highest BCUT2D eigenvalue weighted by Crippen LogP contribution is 2.34. The first kappa shape index (κ1) is 24.5. The number of carbonyl (C=O) groups is 2. The molecule has 1 unspecified atom stereocenters. The summed E-state index contributed by atoms with van der Waals surface area (Å²) < 4.78 is 47.4. The summed E-state index contributed by atoms with van der Waals surface area (Å²) in [5.41, 5.74) is 1.36. The van der Waals surface area contributed by atoms with Crippen LogP contribution in [0.1, 0.15) is 51.4 Å². The number of pyridine rings is 2. The van der Waals surface area contributed by atoms with Crippen LogP contribution in [-0.4, -0.2) is 39.5 Å². The summed E-state index contributed by atoms with van der Waals surface area (Å²) in [4.78, 5) is 35.5. The van der Waals surface area contributed by atoms with Crippen LogP contribution < -0.4 is 9.47 Å². The molecule has 0 aliphatic carbocycles. The molecule has 182 valence electrons. The Kier molecular flexibility index (Phi) is 6.93. The molecule has 3 aromatic rings. The number of hydrogen-bond acceptors (Lipinski definition) is 6. The van der Waals surface area contributed by atoms with Crippen LogP contribution in [0.5, 0.6) is 11.6 Å². The van der Waals surface area contributed by atoms with Crippen molar-refractivity contribution in [3.05, 3.63) is 82.3 Å². The number of alkyl halides is 3. The summed E-state index contributed by atoms with van der Waals surface area (Å²) in [6.45, 7) is 1.24. The zero-order valence-corrected chi connectivity index (χ0v) is 19.1. The second-order valence-electron chi connectivity index (χ2n) is 7.77. The Morgan fingerprint density at radius 2 is 1.94 bits per heavy atom. The van der Waals surface area contributed by atoms with E-state index in [1.165, 1.54) is 29.4 Å². The SMILES string of the molecule is CC(c1cnc(OCCC(F)(F)F)c(Cl)c1)N1Cc2c(ccnc2C(=O)Oc2ccccc2)C1=O. The lowest BCUT2D eigenvalue weighted by Gasteiger charge is -2.24. The molecule has 0 bridgehead atoms. The first-order chi connectivity index (χ1) is 16.6. The van der Waals surface area contributed by atoms with E-state index in [-0.39, 0.29) is 29.0 Å². The first-order valence-corrected chi connectivity index (χ1v) is 10.9. The second-order valence-corrected chi connectivity index (χ2v) is 8.17. The quantitative estimate of drug-likeness (QED) is 0.316. The molecule has 0 radical (unpaired) electrons. The van der Waals surface area contributed by atoms with Gasteiger partial charge in [0.05, 0.1) is 19.1 Å². The molecule has 0 N–H and O–H groups in total. The maximum absolute atomic E-state index is 13.1. The average Bonchev–Trinajstić information content (AvgIpc) is 3.16. The molecule has 11 heteroatoms. The number of para-hydroxylation sites is 1. The smallest absolute Gasteiger partial charge is 0.392 e. The lowest BCUT2D eigenvalue weighted by atomic mass is 10.1. The van der Waals surface area contributed by atoms with Gasteiger partial charge in [-0.2, -0.15) is 13.2 Å². The molecular formula is C24H19ClF3N3O4. The number of amides is 1. The highest BCUT2D eigenvalue weighted by Gasteiger charge is 2.35. The number of halogens is 4. The fraction of sp³-hybridized carbons (Fsp3) is 0.250. The lowest BCUT2D eigenvalue weighted by Crippen LogP contribution is -2.27. The summed E-state index contributed by atoms with van der Waals surface area (Å²) >= 11 is 6.16. The molecule has 0 saturated carbocycles. The molecule has 4 rings (SSSR count). The van der Waals surface area contributed by atoms with Crippen molar-refractivity contribution in [3.8, 4) is 11.6 Å². The monoisotopic (exact) mass is 505 g/mol. The molecule has 1 aromatic carbocycles. The van der Waals surface area contributed by atoms with Crippen molar-refractivity contribution in [3.63, 3.8) is 0 Å². The standard InChI is InChI=1S/C24H19ClF3N3O4/c1-14(15-11-19(25)21(30-12-15)34-10-8-24(26,27)28)31-13-18-17(22(31)32)7-9-29-20(18)23(33)35-16-5-3-2-4-6-16/h2-7,9,11-12,14H,8,10,13H2,1H3. The van der Waals surface area contributed by atoms with E-state index in [0.717, 1.165) is 0 Å². The Hall–Kier alpha value is -3.66. The minimum absolute atomic E-state index is 0.0227. The van der Waals surface area contributed by atoms with Crippen LogP contribution in [0, 0.1) is 0 Å². The number of benzene rings is 1. The largest absolute Gasteiger partial charge is 0.476 e. The normalized spacial score (nSPS) is 14.0. The first-order valence-electron chi connectivity index (χ1n) is 10.5. The number of fused-ring (bicyclic) bond motifs is 1. The minimum atomic E-state index is -4.35. The van der Waals surface area contributed by atoms with Crippen molar-refractivity contribution < 1.29 is 32.2 Å². The zero-order valence-electron chi connectivity index (χ0n) is 18.4. The Labute approximate surface area is 203 Å². The molecule has 1 amide bonds. The van der Waals surface area contributed by atoms with Crippen molar-refractivity contribution in [1.29, 1.82) is 0 Å². The fourth-order valence-electron chi connectivity index (χ4n) is 3.60. The van der Waals surface area contributed by atoms with Gasteiger partial charge in [-0.1, -0.05) is 29.8 Å². The van der Waals surface area contributed by atoms with Gasteiger partial charge in [-0.25, -0.2) is 14.8 Å². The van der Waals surface area contributed by atoms with E-state index in [9.17, 15) is 22.8 Å². The minimum Gasteiger partial charge on any atom is -0.476 e. The predicted octanol–water partition coefficient (Wildman–Crippen LogP) is 5.40. The number of carbonyl (C=O) groups excluding carboxylic acids is 2. The van der Waals surface area contributed by atoms with E-state index in [2.05, 4.69) is 9.97 Å². The third kappa shape index (κ3) is 5.54. The average molecular weight is 506 g/mol. The topological polar surface area (TPSA) is 81.6 Å². The van der Waals surface area contributed by atoms with Crippen LogP contribution in [0.3, 0.4) is 0 Å². The van der Waals surface area contributed by atoms with Gasteiger partial charge in [0.15, 0.2) is 5.69 Å². The third-order valence-corrected chi connectivity index (χ3v) is 5.70. The molecule has 1 atom stereocenters. The lowest BCUT2D eigenvalue weighted by molar-refractivity contribution is -0.139. The Morgan fingerprint density at radius 1 is 1.20 bits per heavy atom. The maximum Gasteiger partial charge on any atom is 0.392 e. The second kappa shape index (κ2) is 9.91. The van der Waals surface area contributed by atoms with E-state index < -0.39 is 31.2 Å². The summed E-state index contributed by atoms with van der Waals surface area (Å²) in [7, 11) is 0. The van der Waals surface area contributed by atoms with Crippen LogP contribution in [0.2, 0.25) is 5.02 Å². The molecule has 0 fully saturated rings. The van der Waals surface area contributed by atoms with Crippen molar-refractivity contribution in [2.75, 3.05) is 6.61 Å². The Morgan fingerprint density at radius 3 is 2.63 bits per heavy atom. The van der Waals surface area contributed by atoms with Gasteiger partial charge in [-0.3, -0.25) is 4.79 Å². The molecule has 1 aliphatic heterocycles. The Balaban J connectivity index is 1.50. The molecular weight excluding hydrogens is 487 g/mol. The zero-order chi connectivity index (χ0) is 25.2. The van der Waals surface area contributed by atoms with Gasteiger partial charge < -0.3 is 14.4 Å². The van der Waals surface area contributed by atoms with Gasteiger partial charge in [0.1, 0.15) is 10.8 Å². The van der Waals surface area contributed by atoms with E-state index in [0.29, 0.717) is 22.4 Å². The summed E-state index contributed by atoms with van der Waals surface area (Å²) in [6.07, 6.45) is -2.73. The van der Waals surface area contributed by atoms with E-state index in [1.54, 1.807) is 37.3 Å². The summed E-state index contributed by atoms with van der Waals surface area (Å²) in [5, 5.41) is 0.0227. The van der Waals surface area contributed by atoms with Crippen molar-refractivity contribution >= 4 is 23.5 Å². The molecule has 1 aliphatic rings. The number of ether oxygens (including phenoxy) is 2. The molecule has 3 heterocycles. The number of hydrogen-bond donors (Lipinski definition) is 0. The van der Waals surface area contributed by atoms with Gasteiger partial charge in [-0.05, 0) is 36.8 Å². The molecule has 7 nitrogen and oxygen atoms in total. The van der Waals surface area contributed by atoms with Gasteiger partial charge in [0.2, 0.25) is 5.88 Å².